The number of nitrogens with zero attached hydrogens (tertiary/aromatic N) is 1. The average molecular weight is 220 g/mol. The third kappa shape index (κ3) is 2.39. The summed E-state index contributed by atoms with van der Waals surface area (Å²) in [6.07, 6.45) is 4.20. The Balaban J connectivity index is 2.05. The lowest BCUT2D eigenvalue weighted by Crippen LogP contribution is -2.46. The van der Waals surface area contributed by atoms with Crippen LogP contribution in [0.5, 0.6) is 5.75 Å². The van der Waals surface area contributed by atoms with Gasteiger partial charge >= 0.3 is 0 Å². The van der Waals surface area contributed by atoms with Gasteiger partial charge in [-0.2, -0.15) is 0 Å². The number of hydrogen-bond donors (Lipinski definition) is 1. The smallest absolute Gasteiger partial charge is 0.170 e. The van der Waals surface area contributed by atoms with Gasteiger partial charge in [0.15, 0.2) is 5.78 Å². The summed E-state index contributed by atoms with van der Waals surface area (Å²) < 4.78 is 5.45. The van der Waals surface area contributed by atoms with Crippen LogP contribution in [0.4, 0.5) is 0 Å². The van der Waals surface area contributed by atoms with Crippen LogP contribution < -0.4 is 10.1 Å². The quantitative estimate of drug-likeness (QED) is 0.759. The maximum absolute atomic E-state index is 11.9. The zero-order valence-corrected chi connectivity index (χ0v) is 9.40. The molecule has 4 nitrogen and oxygen atoms in total. The number of pyridine rings is 1. The topological polar surface area (TPSA) is 51.2 Å². The zero-order valence-electron chi connectivity index (χ0n) is 9.40. The van der Waals surface area contributed by atoms with E-state index in [0.717, 1.165) is 19.5 Å². The number of nitrogens with one attached hydrogen (secondary N) is 1. The molecule has 0 spiro atoms. The van der Waals surface area contributed by atoms with Crippen molar-refractivity contribution < 1.29 is 9.53 Å². The monoisotopic (exact) mass is 220 g/mol. The average Bonchev–Trinajstić information content (AvgIpc) is 2.24. The number of aromatic nitrogens is 1. The third-order valence-electron chi connectivity index (χ3n) is 2.62. The fourth-order valence-electron chi connectivity index (χ4n) is 1.56. The Bertz CT molecular complexity index is 375. The summed E-state index contributed by atoms with van der Waals surface area (Å²) in [5, 5.41) is 3.09. The summed E-state index contributed by atoms with van der Waals surface area (Å²) in [5.41, 5.74) is 0.653. The lowest BCUT2D eigenvalue weighted by molar-refractivity contribution is 0.0877. The maximum Gasteiger partial charge on any atom is 0.170 e. The summed E-state index contributed by atoms with van der Waals surface area (Å²) in [7, 11) is 0. The predicted molar refractivity (Wildman–Crippen MR) is 60.7 cm³/mol. The molecule has 86 valence electrons. The van der Waals surface area contributed by atoms with E-state index in [0.29, 0.717) is 17.9 Å². The Morgan fingerprint density at radius 2 is 2.38 bits per heavy atom. The first-order chi connectivity index (χ1) is 7.81. The van der Waals surface area contributed by atoms with Crippen molar-refractivity contribution >= 4 is 5.78 Å². The molecule has 0 aromatic carbocycles. The van der Waals surface area contributed by atoms with E-state index < -0.39 is 0 Å². The highest BCUT2D eigenvalue weighted by Crippen LogP contribution is 2.17. The standard InChI is InChI=1S/C12H16N2O2/c1-2-3-16-11-4-9(5-14-8-11)12(15)10-6-13-7-10/h4-5,8,10,13H,2-3,6-7H2,1H3. The van der Waals surface area contributed by atoms with E-state index in [1.807, 2.05) is 6.92 Å². The van der Waals surface area contributed by atoms with Gasteiger partial charge in [0, 0.05) is 30.8 Å². The molecule has 1 fully saturated rings. The molecule has 0 atom stereocenters. The summed E-state index contributed by atoms with van der Waals surface area (Å²) >= 11 is 0. The molecule has 0 radical (unpaired) electrons. The molecule has 16 heavy (non-hydrogen) atoms. The molecular weight excluding hydrogens is 204 g/mol. The predicted octanol–water partition coefficient (Wildman–Crippen LogP) is 1.27. The van der Waals surface area contributed by atoms with Crippen molar-refractivity contribution in [1.29, 1.82) is 0 Å². The van der Waals surface area contributed by atoms with Crippen molar-refractivity contribution in [2.24, 2.45) is 5.92 Å². The Hall–Kier alpha value is -1.42. The molecule has 1 saturated heterocycles. The van der Waals surface area contributed by atoms with Crippen LogP contribution in [0.25, 0.3) is 0 Å². The molecule has 1 aliphatic heterocycles. The van der Waals surface area contributed by atoms with Gasteiger partial charge in [-0.3, -0.25) is 9.78 Å². The van der Waals surface area contributed by atoms with Gasteiger partial charge in [0.1, 0.15) is 5.75 Å². The van der Waals surface area contributed by atoms with E-state index in [1.165, 1.54) is 0 Å². The van der Waals surface area contributed by atoms with Gasteiger partial charge in [-0.25, -0.2) is 0 Å². The Morgan fingerprint density at radius 3 is 3.00 bits per heavy atom. The molecule has 1 aromatic heterocycles. The van der Waals surface area contributed by atoms with Crippen LogP contribution in [0.2, 0.25) is 0 Å². The second-order valence-electron chi connectivity index (χ2n) is 3.98. The van der Waals surface area contributed by atoms with Gasteiger partial charge in [0.2, 0.25) is 0 Å². The van der Waals surface area contributed by atoms with Gasteiger partial charge in [0.25, 0.3) is 0 Å². The molecule has 1 N–H and O–H groups in total. The summed E-state index contributed by atoms with van der Waals surface area (Å²) in [5.74, 6) is 0.955. The van der Waals surface area contributed by atoms with Crippen LogP contribution in [0, 0.1) is 5.92 Å². The molecule has 0 aliphatic carbocycles. The van der Waals surface area contributed by atoms with E-state index in [4.69, 9.17) is 4.74 Å². The normalized spacial score (nSPS) is 15.6. The maximum atomic E-state index is 11.9. The van der Waals surface area contributed by atoms with Crippen molar-refractivity contribution in [3.05, 3.63) is 24.0 Å². The highest BCUT2D eigenvalue weighted by Gasteiger charge is 2.26. The van der Waals surface area contributed by atoms with Crippen LogP contribution in [0.1, 0.15) is 23.7 Å². The minimum Gasteiger partial charge on any atom is -0.492 e. The number of rotatable bonds is 5. The Kier molecular flexibility index (Phi) is 3.51. The second-order valence-corrected chi connectivity index (χ2v) is 3.98. The van der Waals surface area contributed by atoms with Crippen LogP contribution in [0.3, 0.4) is 0 Å². The van der Waals surface area contributed by atoms with E-state index >= 15 is 0 Å². The molecule has 1 aliphatic rings. The number of hydrogen-bond acceptors (Lipinski definition) is 4. The Morgan fingerprint density at radius 1 is 1.56 bits per heavy atom. The summed E-state index contributed by atoms with van der Waals surface area (Å²) in [6, 6.07) is 1.78. The molecule has 2 rings (SSSR count). The first-order valence-electron chi connectivity index (χ1n) is 5.64. The number of ether oxygens (including phenoxy) is 1. The first kappa shape index (κ1) is 11.1. The van der Waals surface area contributed by atoms with Crippen LogP contribution in [0.15, 0.2) is 18.5 Å². The minimum absolute atomic E-state index is 0.114. The fraction of sp³-hybridized carbons (Fsp3) is 0.500. The van der Waals surface area contributed by atoms with Crippen LogP contribution in [-0.4, -0.2) is 30.5 Å². The Labute approximate surface area is 95.0 Å². The largest absolute Gasteiger partial charge is 0.492 e. The second kappa shape index (κ2) is 5.07. The van der Waals surface area contributed by atoms with Crippen molar-refractivity contribution in [3.8, 4) is 5.75 Å². The third-order valence-corrected chi connectivity index (χ3v) is 2.62. The number of Topliss-reactive ketones (excluding diaryl/α,β-unsaturated/α-hetero) is 1. The molecule has 0 bridgehead atoms. The van der Waals surface area contributed by atoms with E-state index in [-0.39, 0.29) is 11.7 Å². The zero-order chi connectivity index (χ0) is 11.4. The van der Waals surface area contributed by atoms with Gasteiger partial charge in [-0.1, -0.05) is 6.92 Å². The van der Waals surface area contributed by atoms with Crippen LogP contribution >= 0.6 is 0 Å². The molecule has 4 heteroatoms. The number of carbonyl (C=O) groups excluding carboxylic acids is 1. The molecule has 0 saturated carbocycles. The minimum atomic E-state index is 0.114. The summed E-state index contributed by atoms with van der Waals surface area (Å²) in [4.78, 5) is 16.0. The molecular formula is C12H16N2O2. The van der Waals surface area contributed by atoms with Crippen LogP contribution in [-0.2, 0) is 0 Å². The molecule has 2 heterocycles. The summed E-state index contributed by atoms with van der Waals surface area (Å²) in [6.45, 7) is 4.25. The van der Waals surface area contributed by atoms with E-state index in [1.54, 1.807) is 18.5 Å². The van der Waals surface area contributed by atoms with Crippen molar-refractivity contribution in [2.75, 3.05) is 19.7 Å². The van der Waals surface area contributed by atoms with Gasteiger partial charge in [0.05, 0.1) is 12.8 Å². The van der Waals surface area contributed by atoms with Gasteiger partial charge < -0.3 is 10.1 Å². The SMILES string of the molecule is CCCOc1cncc(C(=O)C2CNC2)c1. The lowest BCUT2D eigenvalue weighted by atomic mass is 9.94. The molecule has 0 amide bonds. The number of ketones is 1. The first-order valence-corrected chi connectivity index (χ1v) is 5.64. The number of carbonyl (C=O) groups is 1. The highest BCUT2D eigenvalue weighted by atomic mass is 16.5. The molecule has 0 unspecified atom stereocenters. The van der Waals surface area contributed by atoms with Crippen molar-refractivity contribution in [1.82, 2.24) is 10.3 Å². The molecule has 1 aromatic rings. The van der Waals surface area contributed by atoms with Crippen molar-refractivity contribution in [2.45, 2.75) is 13.3 Å². The lowest BCUT2D eigenvalue weighted by Gasteiger charge is -2.25. The fourth-order valence-corrected chi connectivity index (χ4v) is 1.56. The van der Waals surface area contributed by atoms with Crippen molar-refractivity contribution in [3.63, 3.8) is 0 Å². The van der Waals surface area contributed by atoms with Gasteiger partial charge in [-0.05, 0) is 12.5 Å². The van der Waals surface area contributed by atoms with E-state index in [9.17, 15) is 4.79 Å². The highest BCUT2D eigenvalue weighted by molar-refractivity contribution is 5.98. The van der Waals surface area contributed by atoms with E-state index in [2.05, 4.69) is 10.3 Å². The van der Waals surface area contributed by atoms with Gasteiger partial charge in [-0.15, -0.1) is 0 Å².